The number of amides is 1. The number of anilines is 1. The van der Waals surface area contributed by atoms with Gasteiger partial charge in [0, 0.05) is 50.8 Å². The predicted molar refractivity (Wildman–Crippen MR) is 122 cm³/mol. The summed E-state index contributed by atoms with van der Waals surface area (Å²) in [6, 6.07) is 8.61. The first-order valence-corrected chi connectivity index (χ1v) is 11.5. The number of aromatic nitrogens is 5. The number of aromatic amines is 1. The molecule has 4 aromatic rings. The van der Waals surface area contributed by atoms with Crippen molar-refractivity contribution in [2.24, 2.45) is 0 Å². The van der Waals surface area contributed by atoms with Crippen molar-refractivity contribution in [3.8, 4) is 0 Å². The van der Waals surface area contributed by atoms with Gasteiger partial charge < -0.3 is 15.1 Å². The molecule has 1 amide bonds. The van der Waals surface area contributed by atoms with Crippen molar-refractivity contribution in [1.82, 2.24) is 25.1 Å². The highest BCUT2D eigenvalue weighted by Crippen LogP contribution is 2.35. The van der Waals surface area contributed by atoms with Gasteiger partial charge in [0.25, 0.3) is 5.91 Å². The van der Waals surface area contributed by atoms with E-state index in [0.29, 0.717) is 55.4 Å². The van der Waals surface area contributed by atoms with Crippen LogP contribution in [0.3, 0.4) is 0 Å². The molecule has 2 N–H and O–H groups in total. The second-order valence-electron chi connectivity index (χ2n) is 7.52. The van der Waals surface area contributed by atoms with Gasteiger partial charge in [-0.3, -0.25) is 9.00 Å². The van der Waals surface area contributed by atoms with Crippen molar-refractivity contribution in [2.45, 2.75) is 18.7 Å². The molecule has 1 aromatic carbocycles. The molecule has 5 rings (SSSR count). The van der Waals surface area contributed by atoms with Gasteiger partial charge in [0.2, 0.25) is 5.65 Å². The van der Waals surface area contributed by atoms with Gasteiger partial charge in [0.15, 0.2) is 0 Å². The molecule has 0 spiro atoms. The number of aryl methyl sites for hydroxylation is 1. The third-order valence-electron chi connectivity index (χ3n) is 5.43. The van der Waals surface area contributed by atoms with E-state index in [-0.39, 0.29) is 5.91 Å². The van der Waals surface area contributed by atoms with E-state index >= 15 is 0 Å². The molecule has 0 bridgehead atoms. The number of rotatable bonds is 4. The zero-order chi connectivity index (χ0) is 23.3. The summed E-state index contributed by atoms with van der Waals surface area (Å²) in [6.45, 7) is 3.50. The number of hydrogen-bond acceptors (Lipinski definition) is 7. The lowest BCUT2D eigenvalue weighted by atomic mass is 10.0. The van der Waals surface area contributed by atoms with Crippen LogP contribution in [0.1, 0.15) is 32.9 Å². The summed E-state index contributed by atoms with van der Waals surface area (Å²) in [4.78, 5) is 39.8. The fraction of sp³-hybridized carbons (Fsp3) is 0.136. The van der Waals surface area contributed by atoms with E-state index in [1.54, 1.807) is 62.7 Å². The summed E-state index contributed by atoms with van der Waals surface area (Å²) in [6.07, 6.45) is 4.81. The Hall–Kier alpha value is -4.12. The first-order chi connectivity index (χ1) is 15.8. The van der Waals surface area contributed by atoms with E-state index in [9.17, 15) is 13.8 Å². The smallest absolute Gasteiger partial charge is 0.358 e. The zero-order valence-electron chi connectivity index (χ0n) is 17.9. The number of nitrogens with one attached hydrogen (secondary N) is 2. The highest BCUT2D eigenvalue weighted by Gasteiger charge is 2.27. The van der Waals surface area contributed by atoms with E-state index in [0.717, 1.165) is 4.85 Å². The Balaban J connectivity index is 1.51. The lowest BCUT2D eigenvalue weighted by molar-refractivity contribution is -0.110. The summed E-state index contributed by atoms with van der Waals surface area (Å²) in [7, 11) is -1.18. The second-order valence-corrected chi connectivity index (χ2v) is 8.90. The lowest BCUT2D eigenvalue weighted by Gasteiger charge is -2.04. The SMILES string of the molecule is Cc1[nH]c(C=C2C(=O)Nc3ccc(S(C)=O)cc32)c(C)c1C(=O)On1nnc2cccnc21. The summed E-state index contributed by atoms with van der Waals surface area (Å²) < 4.78 is 11.9. The van der Waals surface area contributed by atoms with Crippen molar-refractivity contribution in [2.75, 3.05) is 11.6 Å². The molecule has 0 aliphatic carbocycles. The molecule has 4 heterocycles. The van der Waals surface area contributed by atoms with Crippen LogP contribution in [0.25, 0.3) is 22.8 Å². The molecule has 0 saturated carbocycles. The van der Waals surface area contributed by atoms with Crippen LogP contribution in [-0.2, 0) is 15.6 Å². The second kappa shape index (κ2) is 7.78. The molecular weight excluding hydrogens is 444 g/mol. The molecule has 11 heteroatoms. The summed E-state index contributed by atoms with van der Waals surface area (Å²) in [5, 5.41) is 10.6. The largest absolute Gasteiger partial charge is 0.367 e. The van der Waals surface area contributed by atoms with Crippen LogP contribution in [-0.4, -0.2) is 47.5 Å². The molecule has 166 valence electrons. The minimum Gasteiger partial charge on any atom is -0.358 e. The Kier molecular flexibility index (Phi) is 4.90. The van der Waals surface area contributed by atoms with Gasteiger partial charge in [-0.2, -0.15) is 0 Å². The van der Waals surface area contributed by atoms with Crippen molar-refractivity contribution in [3.05, 3.63) is 64.6 Å². The number of carbonyl (C=O) groups excluding carboxylic acids is 2. The van der Waals surface area contributed by atoms with Crippen LogP contribution in [0.4, 0.5) is 5.69 Å². The van der Waals surface area contributed by atoms with Gasteiger partial charge in [0.05, 0.1) is 11.1 Å². The summed E-state index contributed by atoms with van der Waals surface area (Å²) in [5.74, 6) is -0.914. The number of nitrogens with zero attached hydrogens (tertiary/aromatic N) is 4. The van der Waals surface area contributed by atoms with Gasteiger partial charge >= 0.3 is 5.97 Å². The first kappa shape index (κ1) is 20.8. The predicted octanol–water partition coefficient (Wildman–Crippen LogP) is 2.27. The topological polar surface area (TPSA) is 132 Å². The summed E-state index contributed by atoms with van der Waals surface area (Å²) >= 11 is 0. The normalized spacial score (nSPS) is 15.0. The molecule has 1 aliphatic rings. The van der Waals surface area contributed by atoms with Gasteiger partial charge in [-0.25, -0.2) is 9.78 Å². The maximum Gasteiger partial charge on any atom is 0.367 e. The van der Waals surface area contributed by atoms with Gasteiger partial charge in [-0.15, -0.1) is 5.10 Å². The maximum atomic E-state index is 12.9. The number of fused-ring (bicyclic) bond motifs is 2. The quantitative estimate of drug-likeness (QED) is 0.351. The first-order valence-electron chi connectivity index (χ1n) is 9.92. The van der Waals surface area contributed by atoms with E-state index in [1.807, 2.05) is 0 Å². The van der Waals surface area contributed by atoms with Crippen molar-refractivity contribution < 1.29 is 18.6 Å². The van der Waals surface area contributed by atoms with Crippen LogP contribution in [0, 0.1) is 13.8 Å². The highest BCUT2D eigenvalue weighted by atomic mass is 32.2. The molecule has 0 saturated heterocycles. The number of hydrogen-bond donors (Lipinski definition) is 2. The van der Waals surface area contributed by atoms with Crippen LogP contribution >= 0.6 is 0 Å². The number of carbonyl (C=O) groups is 2. The van der Waals surface area contributed by atoms with Crippen molar-refractivity contribution in [1.29, 1.82) is 0 Å². The van der Waals surface area contributed by atoms with E-state index < -0.39 is 16.8 Å². The average Bonchev–Trinajstić information content (AvgIpc) is 3.42. The third-order valence-corrected chi connectivity index (χ3v) is 6.34. The van der Waals surface area contributed by atoms with Crippen LogP contribution in [0.5, 0.6) is 0 Å². The minimum absolute atomic E-state index is 0.278. The monoisotopic (exact) mass is 462 g/mol. The molecule has 1 unspecified atom stereocenters. The molecule has 1 aliphatic heterocycles. The van der Waals surface area contributed by atoms with Crippen molar-refractivity contribution >= 4 is 51.2 Å². The molecular formula is C22H18N6O4S. The average molecular weight is 462 g/mol. The van der Waals surface area contributed by atoms with Gasteiger partial charge in [-0.1, -0.05) is 0 Å². The maximum absolute atomic E-state index is 12.9. The van der Waals surface area contributed by atoms with E-state index in [1.165, 1.54) is 0 Å². The number of pyridine rings is 1. The zero-order valence-corrected chi connectivity index (χ0v) is 18.7. The fourth-order valence-electron chi connectivity index (χ4n) is 3.79. The number of H-pyrrole nitrogens is 1. The van der Waals surface area contributed by atoms with Crippen LogP contribution < -0.4 is 10.2 Å². The van der Waals surface area contributed by atoms with Gasteiger partial charge in [-0.05, 0) is 65.9 Å². The molecule has 3 aromatic heterocycles. The van der Waals surface area contributed by atoms with Crippen molar-refractivity contribution in [3.63, 3.8) is 0 Å². The third kappa shape index (κ3) is 3.52. The molecule has 0 fully saturated rings. The molecule has 0 radical (unpaired) electrons. The fourth-order valence-corrected chi connectivity index (χ4v) is 4.33. The van der Waals surface area contributed by atoms with Gasteiger partial charge in [0.1, 0.15) is 5.52 Å². The molecule has 33 heavy (non-hydrogen) atoms. The lowest BCUT2D eigenvalue weighted by Crippen LogP contribution is -2.22. The highest BCUT2D eigenvalue weighted by molar-refractivity contribution is 7.84. The van der Waals surface area contributed by atoms with E-state index in [2.05, 4.69) is 25.6 Å². The Morgan fingerprint density at radius 2 is 2.06 bits per heavy atom. The minimum atomic E-state index is -1.18. The Bertz CT molecular complexity index is 1520. The Labute approximate surface area is 190 Å². The van der Waals surface area contributed by atoms with E-state index in [4.69, 9.17) is 4.84 Å². The number of benzene rings is 1. The van der Waals surface area contributed by atoms with Crippen LogP contribution in [0.15, 0.2) is 41.4 Å². The summed E-state index contributed by atoms with van der Waals surface area (Å²) in [5.41, 5.74) is 4.62. The Morgan fingerprint density at radius 3 is 2.85 bits per heavy atom. The van der Waals surface area contributed by atoms with Crippen LogP contribution in [0.2, 0.25) is 0 Å². The Morgan fingerprint density at radius 1 is 1.24 bits per heavy atom. The standard InChI is InChI=1S/C22H18N6O4S/c1-11-18(10-15-14-9-13(33(3)31)6-7-16(14)25-21(15)29)24-12(2)19(11)22(30)32-28-20-17(26-27-28)5-4-8-23-20/h4-10,24H,1-3H3,(H,25,29). The molecule has 1 atom stereocenters. The molecule has 10 nitrogen and oxygen atoms in total.